The Bertz CT molecular complexity index is 758. The molecule has 1 saturated heterocycles. The molecule has 1 aliphatic heterocycles. The molecular formula is C16H19F3N4O2. The molecule has 9 heteroatoms. The lowest BCUT2D eigenvalue weighted by Gasteiger charge is -2.53. The number of alkyl halides is 3. The second-order valence-electron chi connectivity index (χ2n) is 7.50. The van der Waals surface area contributed by atoms with E-state index in [4.69, 9.17) is 5.73 Å². The van der Waals surface area contributed by atoms with E-state index in [0.29, 0.717) is 19.5 Å². The van der Waals surface area contributed by atoms with E-state index in [2.05, 4.69) is 5.10 Å². The van der Waals surface area contributed by atoms with Crippen molar-refractivity contribution in [3.63, 3.8) is 0 Å². The average molecular weight is 356 g/mol. The lowest BCUT2D eigenvalue weighted by atomic mass is 9.62. The molecule has 1 aliphatic carbocycles. The van der Waals surface area contributed by atoms with E-state index in [0.717, 1.165) is 16.9 Å². The number of nitrogens with two attached hydrogens (primary N) is 1. The van der Waals surface area contributed by atoms with Crippen LogP contribution in [-0.4, -0.2) is 39.5 Å². The van der Waals surface area contributed by atoms with Gasteiger partial charge in [-0.15, -0.1) is 0 Å². The summed E-state index contributed by atoms with van der Waals surface area (Å²) in [5.41, 5.74) is 4.08. The highest BCUT2D eigenvalue weighted by atomic mass is 19.4. The molecule has 0 saturated carbocycles. The van der Waals surface area contributed by atoms with Gasteiger partial charge >= 0.3 is 6.18 Å². The van der Waals surface area contributed by atoms with Gasteiger partial charge in [-0.1, -0.05) is 13.8 Å². The average Bonchev–Trinajstić information content (AvgIpc) is 2.90. The predicted octanol–water partition coefficient (Wildman–Crippen LogP) is 1.57. The minimum atomic E-state index is -4.53. The van der Waals surface area contributed by atoms with Gasteiger partial charge < -0.3 is 10.6 Å². The van der Waals surface area contributed by atoms with Crippen LogP contribution in [-0.2, 0) is 22.3 Å². The monoisotopic (exact) mass is 356 g/mol. The number of carbonyl (C=O) groups excluding carboxylic acids is 2. The van der Waals surface area contributed by atoms with Crippen molar-refractivity contribution in [2.75, 3.05) is 13.1 Å². The molecule has 2 aliphatic rings. The molecular weight excluding hydrogens is 337 g/mol. The van der Waals surface area contributed by atoms with Gasteiger partial charge in [-0.25, -0.2) is 0 Å². The zero-order chi connectivity index (χ0) is 18.6. The minimum absolute atomic E-state index is 0.0980. The normalized spacial score (nSPS) is 21.9. The van der Waals surface area contributed by atoms with Crippen molar-refractivity contribution in [1.82, 2.24) is 14.7 Å². The van der Waals surface area contributed by atoms with Crippen LogP contribution in [0.25, 0.3) is 0 Å². The summed E-state index contributed by atoms with van der Waals surface area (Å²) in [6.07, 6.45) is -1.09. The minimum Gasteiger partial charge on any atom is -0.396 e. The molecule has 25 heavy (non-hydrogen) atoms. The first-order valence-corrected chi connectivity index (χ1v) is 7.84. The molecule has 1 fully saturated rings. The number of Topliss-reactive ketones (excluding diaryl/α,β-unsaturated/α-hetero) is 1. The van der Waals surface area contributed by atoms with Gasteiger partial charge in [0.25, 0.3) is 0 Å². The number of amides is 1. The zero-order valence-corrected chi connectivity index (χ0v) is 13.9. The molecule has 2 N–H and O–H groups in total. The Morgan fingerprint density at radius 1 is 1.36 bits per heavy atom. The summed E-state index contributed by atoms with van der Waals surface area (Å²) in [4.78, 5) is 25.8. The van der Waals surface area contributed by atoms with Gasteiger partial charge in [0.1, 0.15) is 6.54 Å². The van der Waals surface area contributed by atoms with Crippen LogP contribution < -0.4 is 5.73 Å². The van der Waals surface area contributed by atoms with Crippen molar-refractivity contribution in [2.24, 2.45) is 16.6 Å². The maximum atomic E-state index is 12.5. The third-order valence-electron chi connectivity index (χ3n) is 4.73. The smallest absolute Gasteiger partial charge is 0.396 e. The van der Waals surface area contributed by atoms with Crippen molar-refractivity contribution in [1.29, 1.82) is 0 Å². The quantitative estimate of drug-likeness (QED) is 0.872. The van der Waals surface area contributed by atoms with Crippen molar-refractivity contribution in [3.05, 3.63) is 29.7 Å². The summed E-state index contributed by atoms with van der Waals surface area (Å²) >= 11 is 0. The summed E-state index contributed by atoms with van der Waals surface area (Å²) in [6.45, 7) is 4.19. The first-order valence-electron chi connectivity index (χ1n) is 7.84. The molecule has 1 amide bonds. The molecule has 1 aromatic heterocycles. The van der Waals surface area contributed by atoms with Gasteiger partial charge in [0.05, 0.1) is 5.70 Å². The van der Waals surface area contributed by atoms with E-state index in [9.17, 15) is 22.8 Å². The Kier molecular flexibility index (Phi) is 3.74. The molecule has 0 atom stereocenters. The summed E-state index contributed by atoms with van der Waals surface area (Å²) in [7, 11) is 0. The molecule has 0 aromatic carbocycles. The fourth-order valence-electron chi connectivity index (χ4n) is 3.73. The number of hydrogen-bond donors (Lipinski definition) is 1. The highest BCUT2D eigenvalue weighted by Crippen LogP contribution is 2.47. The molecule has 1 aromatic rings. The topological polar surface area (TPSA) is 81.2 Å². The van der Waals surface area contributed by atoms with E-state index in [1.807, 2.05) is 13.8 Å². The number of rotatable bonds is 2. The van der Waals surface area contributed by atoms with Crippen LogP contribution in [0.15, 0.2) is 24.0 Å². The standard InChI is InChI=1S/C16H19F3N4O2/c1-14(2)7-15(5-10(20)13(14)25)8-22(9-15)12(24)6-23-4-3-11(21-23)16(17,18)19/h3-5H,6-9,20H2,1-2H3. The maximum absolute atomic E-state index is 12.5. The second-order valence-corrected chi connectivity index (χ2v) is 7.50. The summed E-state index contributed by atoms with van der Waals surface area (Å²) < 4.78 is 38.6. The molecule has 0 bridgehead atoms. The Morgan fingerprint density at radius 2 is 2.00 bits per heavy atom. The van der Waals surface area contributed by atoms with E-state index in [-0.39, 0.29) is 29.3 Å². The van der Waals surface area contributed by atoms with Crippen LogP contribution in [0.2, 0.25) is 0 Å². The van der Waals surface area contributed by atoms with Crippen molar-refractivity contribution >= 4 is 11.7 Å². The zero-order valence-electron chi connectivity index (χ0n) is 13.9. The number of aromatic nitrogens is 2. The molecule has 136 valence electrons. The number of likely N-dealkylation sites (tertiary alicyclic amines) is 1. The predicted molar refractivity (Wildman–Crippen MR) is 81.9 cm³/mol. The van der Waals surface area contributed by atoms with Gasteiger partial charge in [0.2, 0.25) is 5.91 Å². The van der Waals surface area contributed by atoms with Crippen LogP contribution in [0.4, 0.5) is 13.2 Å². The van der Waals surface area contributed by atoms with E-state index >= 15 is 0 Å². The van der Waals surface area contributed by atoms with Crippen LogP contribution in [0.3, 0.4) is 0 Å². The summed E-state index contributed by atoms with van der Waals surface area (Å²) in [5.74, 6) is -0.414. The lowest BCUT2D eigenvalue weighted by molar-refractivity contribution is -0.146. The Morgan fingerprint density at radius 3 is 2.52 bits per heavy atom. The van der Waals surface area contributed by atoms with Crippen molar-refractivity contribution < 1.29 is 22.8 Å². The summed E-state index contributed by atoms with van der Waals surface area (Å²) in [6, 6.07) is 0.837. The van der Waals surface area contributed by atoms with Crippen LogP contribution >= 0.6 is 0 Å². The maximum Gasteiger partial charge on any atom is 0.435 e. The summed E-state index contributed by atoms with van der Waals surface area (Å²) in [5, 5.41) is 3.38. The lowest BCUT2D eigenvalue weighted by Crippen LogP contribution is -2.61. The van der Waals surface area contributed by atoms with Gasteiger partial charge in [-0.3, -0.25) is 14.3 Å². The van der Waals surface area contributed by atoms with Gasteiger partial charge in [0, 0.05) is 30.1 Å². The largest absolute Gasteiger partial charge is 0.435 e. The highest BCUT2D eigenvalue weighted by molar-refractivity contribution is 5.99. The van der Waals surface area contributed by atoms with Gasteiger partial charge in [-0.05, 0) is 18.6 Å². The second kappa shape index (κ2) is 5.34. The van der Waals surface area contributed by atoms with Crippen LogP contribution in [0, 0.1) is 10.8 Å². The molecule has 1 spiro atoms. The number of nitrogens with zero attached hydrogens (tertiary/aromatic N) is 3. The van der Waals surface area contributed by atoms with E-state index < -0.39 is 17.3 Å². The number of ketones is 1. The fraction of sp³-hybridized carbons (Fsp3) is 0.562. The van der Waals surface area contributed by atoms with Crippen LogP contribution in [0.5, 0.6) is 0 Å². The Hall–Kier alpha value is -2.32. The van der Waals surface area contributed by atoms with Crippen molar-refractivity contribution in [3.8, 4) is 0 Å². The van der Waals surface area contributed by atoms with Crippen LogP contribution in [0.1, 0.15) is 26.0 Å². The number of carbonyl (C=O) groups is 2. The molecule has 6 nitrogen and oxygen atoms in total. The van der Waals surface area contributed by atoms with Gasteiger partial charge in [-0.2, -0.15) is 18.3 Å². The Balaban J connectivity index is 1.64. The fourth-order valence-corrected chi connectivity index (χ4v) is 3.73. The first kappa shape index (κ1) is 17.5. The third kappa shape index (κ3) is 3.14. The van der Waals surface area contributed by atoms with Gasteiger partial charge in [0.15, 0.2) is 11.5 Å². The van der Waals surface area contributed by atoms with Crippen molar-refractivity contribution in [2.45, 2.75) is 33.0 Å². The number of allylic oxidation sites excluding steroid dienone is 1. The molecule has 3 rings (SSSR count). The SMILES string of the molecule is CC1(C)CC2(C=C(N)C1=O)CN(C(=O)Cn1ccc(C(F)(F)F)n1)C2. The molecule has 2 heterocycles. The first-order chi connectivity index (χ1) is 11.4. The number of hydrogen-bond acceptors (Lipinski definition) is 4. The van der Waals surface area contributed by atoms with E-state index in [1.165, 1.54) is 0 Å². The highest BCUT2D eigenvalue weighted by Gasteiger charge is 2.51. The Labute approximate surface area is 142 Å². The molecule has 0 unspecified atom stereocenters. The molecule has 0 radical (unpaired) electrons. The van der Waals surface area contributed by atoms with E-state index in [1.54, 1.807) is 11.0 Å². The third-order valence-corrected chi connectivity index (χ3v) is 4.73. The number of halogens is 3.